The van der Waals surface area contributed by atoms with Gasteiger partial charge in [0.05, 0.1) is 19.1 Å². The van der Waals surface area contributed by atoms with Crippen LogP contribution in [0.1, 0.15) is 19.8 Å². The molecule has 0 aromatic heterocycles. The van der Waals surface area contributed by atoms with Gasteiger partial charge < -0.3 is 14.2 Å². The van der Waals surface area contributed by atoms with Crippen LogP contribution < -0.4 is 0 Å². The zero-order valence-corrected chi connectivity index (χ0v) is 7.69. The van der Waals surface area contributed by atoms with E-state index in [1.165, 1.54) is 0 Å². The summed E-state index contributed by atoms with van der Waals surface area (Å²) in [4.78, 5) is 11.0. The molecule has 74 valence electrons. The second kappa shape index (κ2) is 3.64. The summed E-state index contributed by atoms with van der Waals surface area (Å²) in [5, 5.41) is 0. The SMILES string of the molecule is CCC(=O)O[C@@H]1CO[C@@H]2OCC[C@@H]21. The van der Waals surface area contributed by atoms with Crippen LogP contribution in [0.25, 0.3) is 0 Å². The van der Waals surface area contributed by atoms with Crippen LogP contribution in [0.3, 0.4) is 0 Å². The molecule has 0 amide bonds. The molecule has 0 aromatic carbocycles. The fraction of sp³-hybridized carbons (Fsp3) is 0.889. The maximum Gasteiger partial charge on any atom is 0.305 e. The van der Waals surface area contributed by atoms with Crippen LogP contribution in [0, 0.1) is 5.92 Å². The zero-order valence-electron chi connectivity index (χ0n) is 7.69. The lowest BCUT2D eigenvalue weighted by atomic mass is 10.0. The number of carbonyl (C=O) groups excluding carboxylic acids is 1. The van der Waals surface area contributed by atoms with Crippen LogP contribution in [-0.2, 0) is 19.0 Å². The number of hydrogen-bond acceptors (Lipinski definition) is 4. The molecule has 4 nitrogen and oxygen atoms in total. The Morgan fingerprint density at radius 1 is 1.54 bits per heavy atom. The summed E-state index contributed by atoms with van der Waals surface area (Å²) in [6.45, 7) is 3.00. The lowest BCUT2D eigenvalue weighted by Crippen LogP contribution is -2.25. The molecule has 0 unspecified atom stereocenters. The molecule has 2 aliphatic heterocycles. The van der Waals surface area contributed by atoms with E-state index >= 15 is 0 Å². The highest BCUT2D eigenvalue weighted by atomic mass is 16.7. The van der Waals surface area contributed by atoms with E-state index in [-0.39, 0.29) is 24.3 Å². The molecule has 0 bridgehead atoms. The lowest BCUT2D eigenvalue weighted by Gasteiger charge is -2.14. The van der Waals surface area contributed by atoms with E-state index in [4.69, 9.17) is 14.2 Å². The number of hydrogen-bond donors (Lipinski definition) is 0. The van der Waals surface area contributed by atoms with Crippen molar-refractivity contribution in [1.82, 2.24) is 0 Å². The molecule has 2 saturated heterocycles. The largest absolute Gasteiger partial charge is 0.459 e. The van der Waals surface area contributed by atoms with E-state index < -0.39 is 0 Å². The minimum atomic E-state index is -0.152. The zero-order chi connectivity index (χ0) is 9.26. The number of fused-ring (bicyclic) bond motifs is 1. The first-order valence-electron chi connectivity index (χ1n) is 4.74. The number of rotatable bonds is 2. The fourth-order valence-electron chi connectivity index (χ4n) is 1.80. The molecular weight excluding hydrogens is 172 g/mol. The number of ether oxygens (including phenoxy) is 3. The predicted octanol–water partition coefficient (Wildman–Crippen LogP) is 0.701. The van der Waals surface area contributed by atoms with Gasteiger partial charge in [-0.2, -0.15) is 0 Å². The highest BCUT2D eigenvalue weighted by molar-refractivity contribution is 5.69. The standard InChI is InChI=1S/C9H14O4/c1-2-8(10)13-7-5-12-9-6(7)3-4-11-9/h6-7,9H,2-5H2,1H3/t6-,7-,9+/m1/s1. The number of carbonyl (C=O) groups is 1. The van der Waals surface area contributed by atoms with Crippen LogP contribution in [0.5, 0.6) is 0 Å². The molecule has 0 spiro atoms. The van der Waals surface area contributed by atoms with Gasteiger partial charge in [0.2, 0.25) is 0 Å². The van der Waals surface area contributed by atoms with Gasteiger partial charge in [-0.25, -0.2) is 0 Å². The molecule has 2 fully saturated rings. The topological polar surface area (TPSA) is 44.8 Å². The summed E-state index contributed by atoms with van der Waals surface area (Å²) in [6, 6.07) is 0. The predicted molar refractivity (Wildman–Crippen MR) is 44.0 cm³/mol. The van der Waals surface area contributed by atoms with Crippen LogP contribution in [0.15, 0.2) is 0 Å². The summed E-state index contributed by atoms with van der Waals surface area (Å²) in [5.41, 5.74) is 0. The Bertz CT molecular complexity index is 204. The van der Waals surface area contributed by atoms with Crippen LogP contribution >= 0.6 is 0 Å². The second-order valence-electron chi connectivity index (χ2n) is 3.41. The molecule has 0 radical (unpaired) electrons. The summed E-state index contributed by atoms with van der Waals surface area (Å²) >= 11 is 0. The van der Waals surface area contributed by atoms with Crippen molar-refractivity contribution in [2.75, 3.05) is 13.2 Å². The highest BCUT2D eigenvalue weighted by Gasteiger charge is 2.43. The average Bonchev–Trinajstić information content (AvgIpc) is 2.69. The maximum atomic E-state index is 11.0. The van der Waals surface area contributed by atoms with E-state index in [0.717, 1.165) is 13.0 Å². The van der Waals surface area contributed by atoms with Crippen LogP contribution in [-0.4, -0.2) is 31.6 Å². The van der Waals surface area contributed by atoms with Crippen molar-refractivity contribution in [3.63, 3.8) is 0 Å². The third kappa shape index (κ3) is 1.69. The molecule has 0 N–H and O–H groups in total. The van der Waals surface area contributed by atoms with Crippen molar-refractivity contribution in [3.05, 3.63) is 0 Å². The van der Waals surface area contributed by atoms with Crippen molar-refractivity contribution in [2.24, 2.45) is 5.92 Å². The molecular formula is C9H14O4. The highest BCUT2D eigenvalue weighted by Crippen LogP contribution is 2.32. The fourth-order valence-corrected chi connectivity index (χ4v) is 1.80. The van der Waals surface area contributed by atoms with Gasteiger partial charge in [0, 0.05) is 6.42 Å². The smallest absolute Gasteiger partial charge is 0.305 e. The monoisotopic (exact) mass is 186 g/mol. The van der Waals surface area contributed by atoms with Crippen LogP contribution in [0.2, 0.25) is 0 Å². The van der Waals surface area contributed by atoms with Gasteiger partial charge in [-0.15, -0.1) is 0 Å². The molecule has 2 heterocycles. The Kier molecular flexibility index (Phi) is 2.51. The van der Waals surface area contributed by atoms with Crippen molar-refractivity contribution in [2.45, 2.75) is 32.2 Å². The molecule has 2 aliphatic rings. The maximum absolute atomic E-state index is 11.0. The number of esters is 1. The quantitative estimate of drug-likeness (QED) is 0.595. The third-order valence-corrected chi connectivity index (χ3v) is 2.56. The van der Waals surface area contributed by atoms with E-state index in [9.17, 15) is 4.79 Å². The molecule has 13 heavy (non-hydrogen) atoms. The first-order valence-corrected chi connectivity index (χ1v) is 4.74. The summed E-state index contributed by atoms with van der Waals surface area (Å²) in [5.74, 6) is 0.108. The van der Waals surface area contributed by atoms with Crippen LogP contribution in [0.4, 0.5) is 0 Å². The molecule has 0 aromatic rings. The van der Waals surface area contributed by atoms with Crippen molar-refractivity contribution >= 4 is 5.97 Å². The second-order valence-corrected chi connectivity index (χ2v) is 3.41. The van der Waals surface area contributed by atoms with E-state index in [0.29, 0.717) is 13.0 Å². The lowest BCUT2D eigenvalue weighted by molar-refractivity contribution is -0.150. The van der Waals surface area contributed by atoms with Gasteiger partial charge in [-0.05, 0) is 6.42 Å². The third-order valence-electron chi connectivity index (χ3n) is 2.56. The van der Waals surface area contributed by atoms with E-state index in [1.807, 2.05) is 0 Å². The van der Waals surface area contributed by atoms with E-state index in [2.05, 4.69) is 0 Å². The Morgan fingerprint density at radius 2 is 2.38 bits per heavy atom. The van der Waals surface area contributed by atoms with Gasteiger partial charge >= 0.3 is 5.97 Å². The van der Waals surface area contributed by atoms with E-state index in [1.54, 1.807) is 6.92 Å². The Morgan fingerprint density at radius 3 is 3.15 bits per heavy atom. The minimum absolute atomic E-state index is 0.0834. The molecule has 4 heteroatoms. The Balaban J connectivity index is 1.90. The Labute approximate surface area is 77.1 Å². The molecule has 0 saturated carbocycles. The van der Waals surface area contributed by atoms with Gasteiger partial charge in [0.1, 0.15) is 6.10 Å². The molecule has 0 aliphatic carbocycles. The molecule has 3 atom stereocenters. The minimum Gasteiger partial charge on any atom is -0.459 e. The van der Waals surface area contributed by atoms with Gasteiger partial charge in [-0.1, -0.05) is 6.92 Å². The van der Waals surface area contributed by atoms with Crippen molar-refractivity contribution in [3.8, 4) is 0 Å². The first-order chi connectivity index (χ1) is 6.31. The van der Waals surface area contributed by atoms with Crippen molar-refractivity contribution in [1.29, 1.82) is 0 Å². The Hall–Kier alpha value is -0.610. The van der Waals surface area contributed by atoms with Gasteiger partial charge in [-0.3, -0.25) is 4.79 Å². The molecule has 2 rings (SSSR count). The summed E-state index contributed by atoms with van der Waals surface area (Å²) in [6.07, 6.45) is 1.15. The van der Waals surface area contributed by atoms with Gasteiger partial charge in [0.25, 0.3) is 0 Å². The van der Waals surface area contributed by atoms with Gasteiger partial charge in [0.15, 0.2) is 6.29 Å². The summed E-state index contributed by atoms with van der Waals surface area (Å²) in [7, 11) is 0. The normalized spacial score (nSPS) is 37.5. The van der Waals surface area contributed by atoms with Crippen molar-refractivity contribution < 1.29 is 19.0 Å². The summed E-state index contributed by atoms with van der Waals surface area (Å²) < 4.78 is 15.9. The first kappa shape index (κ1) is 8.97. The average molecular weight is 186 g/mol.